The average Bonchev–Trinajstić information content (AvgIpc) is 3.49. The van der Waals surface area contributed by atoms with Gasteiger partial charge in [-0.05, 0) is 42.3 Å². The number of benzene rings is 3. The fourth-order valence-electron chi connectivity index (χ4n) is 4.42. The van der Waals surface area contributed by atoms with Crippen LogP contribution in [-0.4, -0.2) is 53.4 Å². The lowest BCUT2D eigenvalue weighted by Crippen LogP contribution is -2.40. The second-order valence-corrected chi connectivity index (χ2v) is 8.99. The maximum atomic E-state index is 12.8. The van der Waals surface area contributed by atoms with Crippen molar-refractivity contribution in [3.8, 4) is 11.3 Å². The summed E-state index contributed by atoms with van der Waals surface area (Å²) in [7, 11) is 1.88. The van der Waals surface area contributed by atoms with Gasteiger partial charge in [0.05, 0.1) is 29.3 Å². The van der Waals surface area contributed by atoms with Gasteiger partial charge >= 0.3 is 18.2 Å². The lowest BCUT2D eigenvalue weighted by atomic mass is 10.0. The maximum Gasteiger partial charge on any atom is 0.490 e. The first-order valence-electron chi connectivity index (χ1n) is 11.8. The standard InChI is InChI=1S/C24H21N7O.C2HF3O2/c1-14(15-6-4-3-5-7-15)31-13-17-10-18-21(12-20(17)25-24(31)32)26-28-23(18)16-8-9-19-22(11-16)30(2)29-27-19;3-2(4,5)1(6)7/h3-12,14H,13H2,1-2H3,(H,25,32)(H,26,28);(H,6,7). The summed E-state index contributed by atoms with van der Waals surface area (Å²) in [4.78, 5) is 23.6. The number of aryl methyl sites for hydroxylation is 1. The Kier molecular flexibility index (Phi) is 6.42. The van der Waals surface area contributed by atoms with Gasteiger partial charge in [0.15, 0.2) is 0 Å². The van der Waals surface area contributed by atoms with Gasteiger partial charge in [0.2, 0.25) is 0 Å². The van der Waals surface area contributed by atoms with E-state index in [1.165, 1.54) is 0 Å². The molecule has 1 aliphatic heterocycles. The predicted octanol–water partition coefficient (Wildman–Crippen LogP) is 5.25. The molecule has 10 nitrogen and oxygen atoms in total. The second kappa shape index (κ2) is 9.74. The molecular weight excluding hydrogens is 515 g/mol. The van der Waals surface area contributed by atoms with E-state index in [0.29, 0.717) is 6.54 Å². The Morgan fingerprint density at radius 2 is 1.82 bits per heavy atom. The SMILES string of the molecule is CC(c1ccccc1)N1Cc2cc3c(-c4ccc5nnn(C)c5c4)n[nH]c3cc2NC1=O.O=C(O)C(F)(F)F. The van der Waals surface area contributed by atoms with Crippen molar-refractivity contribution in [2.45, 2.75) is 25.7 Å². The van der Waals surface area contributed by atoms with Crippen LogP contribution < -0.4 is 5.32 Å². The van der Waals surface area contributed by atoms with E-state index in [1.807, 2.05) is 60.5 Å². The van der Waals surface area contributed by atoms with Gasteiger partial charge in [0.1, 0.15) is 5.52 Å². The molecule has 3 aromatic carbocycles. The van der Waals surface area contributed by atoms with Crippen LogP contribution in [0.5, 0.6) is 0 Å². The van der Waals surface area contributed by atoms with Crippen LogP contribution in [0.3, 0.4) is 0 Å². The lowest BCUT2D eigenvalue weighted by Gasteiger charge is -2.34. The minimum atomic E-state index is -5.08. The highest BCUT2D eigenvalue weighted by Gasteiger charge is 2.38. The van der Waals surface area contributed by atoms with Crippen LogP contribution in [-0.2, 0) is 18.4 Å². The zero-order valence-corrected chi connectivity index (χ0v) is 20.7. The summed E-state index contributed by atoms with van der Waals surface area (Å²) < 4.78 is 33.5. The van der Waals surface area contributed by atoms with E-state index in [0.717, 1.165) is 50.0 Å². The normalized spacial score (nSPS) is 14.0. The van der Waals surface area contributed by atoms with E-state index in [2.05, 4.69) is 44.9 Å². The minimum Gasteiger partial charge on any atom is -0.475 e. The zero-order chi connectivity index (χ0) is 27.9. The largest absolute Gasteiger partial charge is 0.490 e. The monoisotopic (exact) mass is 537 g/mol. The summed E-state index contributed by atoms with van der Waals surface area (Å²) in [6, 6.07) is 20.1. The summed E-state index contributed by atoms with van der Waals surface area (Å²) >= 11 is 0. The fourth-order valence-corrected chi connectivity index (χ4v) is 4.42. The number of nitrogens with zero attached hydrogens (tertiary/aromatic N) is 5. The number of amides is 2. The smallest absolute Gasteiger partial charge is 0.475 e. The van der Waals surface area contributed by atoms with Gasteiger partial charge < -0.3 is 15.3 Å². The Balaban J connectivity index is 0.000000392. The Morgan fingerprint density at radius 3 is 2.51 bits per heavy atom. The van der Waals surface area contributed by atoms with Crippen molar-refractivity contribution in [3.63, 3.8) is 0 Å². The van der Waals surface area contributed by atoms with Gasteiger partial charge in [-0.3, -0.25) is 5.10 Å². The van der Waals surface area contributed by atoms with Crippen molar-refractivity contribution in [1.82, 2.24) is 30.1 Å². The number of rotatable bonds is 3. The number of alkyl halides is 3. The van der Waals surface area contributed by atoms with Crippen molar-refractivity contribution in [3.05, 3.63) is 71.8 Å². The van der Waals surface area contributed by atoms with Crippen molar-refractivity contribution in [1.29, 1.82) is 0 Å². The van der Waals surface area contributed by atoms with Crippen molar-refractivity contribution in [2.24, 2.45) is 7.05 Å². The van der Waals surface area contributed by atoms with Crippen molar-refractivity contribution >= 4 is 39.6 Å². The van der Waals surface area contributed by atoms with Gasteiger partial charge in [0.25, 0.3) is 0 Å². The van der Waals surface area contributed by atoms with Crippen LogP contribution in [0.15, 0.2) is 60.7 Å². The summed E-state index contributed by atoms with van der Waals surface area (Å²) in [6.45, 7) is 2.58. The summed E-state index contributed by atoms with van der Waals surface area (Å²) in [5.41, 5.74) is 7.52. The Morgan fingerprint density at radius 1 is 1.10 bits per heavy atom. The van der Waals surface area contributed by atoms with Crippen LogP contribution in [0.2, 0.25) is 0 Å². The number of aliphatic carboxylic acids is 1. The highest BCUT2D eigenvalue weighted by Crippen LogP contribution is 2.36. The summed E-state index contributed by atoms with van der Waals surface area (Å²) in [5, 5.41) is 27.1. The number of hydrogen-bond acceptors (Lipinski definition) is 5. The van der Waals surface area contributed by atoms with Crippen molar-refractivity contribution < 1.29 is 27.9 Å². The zero-order valence-electron chi connectivity index (χ0n) is 20.7. The fraction of sp³-hybridized carbons (Fsp3) is 0.192. The van der Waals surface area contributed by atoms with Gasteiger partial charge in [-0.1, -0.05) is 41.6 Å². The molecule has 0 spiro atoms. The topological polar surface area (TPSA) is 129 Å². The number of carboxylic acid groups (broad SMARTS) is 1. The molecule has 6 rings (SSSR count). The molecule has 2 aromatic heterocycles. The molecule has 3 heterocycles. The van der Waals surface area contributed by atoms with E-state index >= 15 is 0 Å². The first-order valence-corrected chi connectivity index (χ1v) is 11.8. The number of carbonyl (C=O) groups excluding carboxylic acids is 1. The molecule has 3 N–H and O–H groups in total. The van der Waals surface area contributed by atoms with Gasteiger partial charge in [0, 0.05) is 23.7 Å². The number of carboxylic acids is 1. The molecule has 5 aromatic rings. The van der Waals surface area contributed by atoms with Gasteiger partial charge in [-0.25, -0.2) is 14.3 Å². The molecule has 0 fully saturated rings. The van der Waals surface area contributed by atoms with E-state index in [1.54, 1.807) is 4.68 Å². The third-order valence-corrected chi connectivity index (χ3v) is 6.51. The van der Waals surface area contributed by atoms with E-state index in [4.69, 9.17) is 9.90 Å². The third-order valence-electron chi connectivity index (χ3n) is 6.51. The molecule has 0 bridgehead atoms. The van der Waals surface area contributed by atoms with E-state index in [-0.39, 0.29) is 12.1 Å². The highest BCUT2D eigenvalue weighted by molar-refractivity contribution is 6.00. The summed E-state index contributed by atoms with van der Waals surface area (Å²) in [6.07, 6.45) is -5.08. The number of fused-ring (bicyclic) bond motifs is 3. The molecule has 13 heteroatoms. The molecule has 0 saturated heterocycles. The second-order valence-electron chi connectivity index (χ2n) is 8.99. The molecule has 0 saturated carbocycles. The first-order chi connectivity index (χ1) is 18.5. The molecule has 0 radical (unpaired) electrons. The molecule has 1 atom stereocenters. The molecule has 200 valence electrons. The first kappa shape index (κ1) is 25.7. The van der Waals surface area contributed by atoms with Gasteiger partial charge in [-0.15, -0.1) is 5.10 Å². The number of carbonyl (C=O) groups is 2. The summed E-state index contributed by atoms with van der Waals surface area (Å²) in [5.74, 6) is -2.76. The number of hydrogen-bond donors (Lipinski definition) is 3. The van der Waals surface area contributed by atoms with Gasteiger partial charge in [-0.2, -0.15) is 18.3 Å². The average molecular weight is 538 g/mol. The number of aromatic nitrogens is 5. The molecular formula is C26H22F3N7O3. The van der Waals surface area contributed by atoms with Crippen molar-refractivity contribution in [2.75, 3.05) is 5.32 Å². The van der Waals surface area contributed by atoms with E-state index in [9.17, 15) is 18.0 Å². The molecule has 0 aliphatic carbocycles. The molecule has 1 unspecified atom stereocenters. The van der Waals surface area contributed by atoms with Crippen LogP contribution in [0.25, 0.3) is 33.2 Å². The molecule has 2 amide bonds. The predicted molar refractivity (Wildman–Crippen MR) is 137 cm³/mol. The van der Waals surface area contributed by atoms with Crippen LogP contribution in [0.4, 0.5) is 23.7 Å². The number of nitrogens with one attached hydrogen (secondary N) is 2. The quantitative estimate of drug-likeness (QED) is 0.288. The third kappa shape index (κ3) is 4.98. The number of aromatic amines is 1. The van der Waals surface area contributed by atoms with Crippen LogP contribution >= 0.6 is 0 Å². The Hall–Kier alpha value is -4.94. The maximum absolute atomic E-state index is 12.8. The molecule has 1 aliphatic rings. The van der Waals surface area contributed by atoms with Crippen LogP contribution in [0, 0.1) is 0 Å². The van der Waals surface area contributed by atoms with E-state index < -0.39 is 12.1 Å². The lowest BCUT2D eigenvalue weighted by molar-refractivity contribution is -0.192. The molecule has 39 heavy (non-hydrogen) atoms. The Labute approximate surface area is 219 Å². The number of anilines is 1. The highest BCUT2D eigenvalue weighted by atomic mass is 19.4. The minimum absolute atomic E-state index is 0.0383. The number of H-pyrrole nitrogens is 1. The number of urea groups is 1. The Bertz CT molecular complexity index is 1700. The number of halogens is 3. The van der Waals surface area contributed by atoms with Crippen LogP contribution in [0.1, 0.15) is 24.1 Å².